The van der Waals surface area contributed by atoms with Crippen LogP contribution < -0.4 is 20.1 Å². The van der Waals surface area contributed by atoms with Crippen molar-refractivity contribution in [2.75, 3.05) is 44.0 Å². The monoisotopic (exact) mass is 473 g/mol. The maximum atomic E-state index is 6.01. The molecule has 4 heterocycles. The number of piperidine rings is 1. The first-order valence-corrected chi connectivity index (χ1v) is 12.1. The Morgan fingerprint density at radius 3 is 2.77 bits per heavy atom. The van der Waals surface area contributed by atoms with E-state index in [0.717, 1.165) is 41.1 Å². The van der Waals surface area contributed by atoms with Gasteiger partial charge in [-0.2, -0.15) is 4.98 Å². The summed E-state index contributed by atoms with van der Waals surface area (Å²) >= 11 is 0. The Morgan fingerprint density at radius 2 is 1.89 bits per heavy atom. The number of fused-ring (bicyclic) bond motifs is 1. The van der Waals surface area contributed by atoms with Gasteiger partial charge in [-0.15, -0.1) is 0 Å². The number of nitrogens with one attached hydrogen (secondary N) is 3. The molecular weight excluding hydrogens is 442 g/mol. The van der Waals surface area contributed by atoms with Crippen molar-refractivity contribution < 1.29 is 9.47 Å². The minimum absolute atomic E-state index is 0.475. The Hall–Kier alpha value is -3.85. The second-order valence-electron chi connectivity index (χ2n) is 8.62. The topological polar surface area (TPSA) is 100 Å². The molecule has 0 amide bonds. The van der Waals surface area contributed by atoms with Gasteiger partial charge in [-0.05, 0) is 62.7 Å². The predicted octanol–water partition coefficient (Wildman–Crippen LogP) is 5.10. The fraction of sp³-hybridized carbons (Fsp3) is 0.346. The minimum Gasteiger partial charge on any atom is -0.493 e. The van der Waals surface area contributed by atoms with Crippen LogP contribution in [0.2, 0.25) is 0 Å². The van der Waals surface area contributed by atoms with E-state index in [1.54, 1.807) is 19.5 Å². The van der Waals surface area contributed by atoms with E-state index in [4.69, 9.17) is 9.47 Å². The van der Waals surface area contributed by atoms with Crippen molar-refractivity contribution in [3.8, 4) is 11.5 Å². The Bertz CT molecular complexity index is 1250. The van der Waals surface area contributed by atoms with Crippen molar-refractivity contribution in [1.29, 1.82) is 0 Å². The van der Waals surface area contributed by atoms with E-state index >= 15 is 0 Å². The van der Waals surface area contributed by atoms with Gasteiger partial charge in [0, 0.05) is 36.1 Å². The molecule has 9 heteroatoms. The van der Waals surface area contributed by atoms with Crippen LogP contribution in [0.5, 0.6) is 11.5 Å². The number of aromatic amines is 1. The van der Waals surface area contributed by atoms with Crippen LogP contribution in [0.3, 0.4) is 0 Å². The summed E-state index contributed by atoms with van der Waals surface area (Å²) in [6.07, 6.45) is 10.3. The first-order chi connectivity index (χ1) is 17.3. The van der Waals surface area contributed by atoms with E-state index in [2.05, 4.69) is 35.5 Å². The van der Waals surface area contributed by atoms with E-state index in [1.807, 2.05) is 42.6 Å². The molecule has 0 atom stereocenters. The van der Waals surface area contributed by atoms with Gasteiger partial charge in [0.15, 0.2) is 11.5 Å². The number of hydrogen-bond acceptors (Lipinski definition) is 8. The van der Waals surface area contributed by atoms with Crippen molar-refractivity contribution >= 4 is 34.2 Å². The average molecular weight is 474 g/mol. The van der Waals surface area contributed by atoms with Gasteiger partial charge in [-0.1, -0.05) is 6.42 Å². The van der Waals surface area contributed by atoms with E-state index in [-0.39, 0.29) is 0 Å². The second kappa shape index (κ2) is 11.1. The molecule has 0 spiro atoms. The van der Waals surface area contributed by atoms with Gasteiger partial charge in [0.25, 0.3) is 0 Å². The maximum absolute atomic E-state index is 6.01. The van der Waals surface area contributed by atoms with Crippen LogP contribution in [-0.2, 0) is 0 Å². The highest BCUT2D eigenvalue weighted by Crippen LogP contribution is 2.31. The first kappa shape index (κ1) is 22.9. The van der Waals surface area contributed by atoms with Crippen LogP contribution in [0, 0.1) is 0 Å². The summed E-state index contributed by atoms with van der Waals surface area (Å²) in [5.41, 5.74) is 2.52. The third kappa shape index (κ3) is 5.99. The number of aromatic nitrogens is 4. The Kier molecular flexibility index (Phi) is 7.24. The van der Waals surface area contributed by atoms with Gasteiger partial charge in [-0.3, -0.25) is 0 Å². The molecule has 0 aliphatic carbocycles. The van der Waals surface area contributed by atoms with Crippen LogP contribution >= 0.6 is 0 Å². The molecule has 1 aliphatic heterocycles. The van der Waals surface area contributed by atoms with Gasteiger partial charge in [0.2, 0.25) is 5.95 Å². The van der Waals surface area contributed by atoms with Gasteiger partial charge in [0.1, 0.15) is 11.5 Å². The standard InChI is InChI=1S/C26H31N7O2/c1-34-23-17-20(6-7-22(23)35-15-5-14-33-12-3-2-4-13-33)31-26-28-11-9-24(32-26)30-21-16-19-8-10-27-25(19)29-18-21/h6-11,16-18H,2-5,12-15H2,1H3,(H,27,29)(H2,28,30,31,32). The number of H-pyrrole nitrogens is 1. The largest absolute Gasteiger partial charge is 0.493 e. The summed E-state index contributed by atoms with van der Waals surface area (Å²) in [5.74, 6) is 2.55. The fourth-order valence-electron chi connectivity index (χ4n) is 4.29. The molecule has 1 aliphatic rings. The highest BCUT2D eigenvalue weighted by Gasteiger charge is 2.11. The predicted molar refractivity (Wildman–Crippen MR) is 138 cm³/mol. The lowest BCUT2D eigenvalue weighted by Crippen LogP contribution is -2.31. The summed E-state index contributed by atoms with van der Waals surface area (Å²) < 4.78 is 11.6. The first-order valence-electron chi connectivity index (χ1n) is 12.1. The smallest absolute Gasteiger partial charge is 0.229 e. The van der Waals surface area contributed by atoms with Crippen molar-refractivity contribution in [2.45, 2.75) is 25.7 Å². The second-order valence-corrected chi connectivity index (χ2v) is 8.62. The molecule has 1 aromatic carbocycles. The van der Waals surface area contributed by atoms with Crippen LogP contribution in [0.15, 0.2) is 55.0 Å². The quantitative estimate of drug-likeness (QED) is 0.274. The summed E-state index contributed by atoms with van der Waals surface area (Å²) in [5, 5.41) is 7.55. The lowest BCUT2D eigenvalue weighted by Gasteiger charge is -2.26. The molecule has 0 bridgehead atoms. The highest BCUT2D eigenvalue weighted by molar-refractivity contribution is 5.79. The number of hydrogen-bond donors (Lipinski definition) is 3. The molecule has 0 unspecified atom stereocenters. The maximum Gasteiger partial charge on any atom is 0.229 e. The van der Waals surface area contributed by atoms with E-state index in [9.17, 15) is 0 Å². The van der Waals surface area contributed by atoms with E-state index in [0.29, 0.717) is 24.1 Å². The summed E-state index contributed by atoms with van der Waals surface area (Å²) in [7, 11) is 1.65. The summed E-state index contributed by atoms with van der Waals surface area (Å²) in [4.78, 5) is 18.9. The summed E-state index contributed by atoms with van der Waals surface area (Å²) in [6, 6.07) is 11.6. The molecule has 5 rings (SSSR count). The zero-order valence-electron chi connectivity index (χ0n) is 20.0. The molecule has 1 saturated heterocycles. The van der Waals surface area contributed by atoms with Crippen LogP contribution in [0.1, 0.15) is 25.7 Å². The molecule has 3 N–H and O–H groups in total. The van der Waals surface area contributed by atoms with Crippen molar-refractivity contribution in [2.24, 2.45) is 0 Å². The number of benzene rings is 1. The number of pyridine rings is 1. The molecule has 9 nitrogen and oxygen atoms in total. The van der Waals surface area contributed by atoms with Crippen molar-refractivity contribution in [1.82, 2.24) is 24.8 Å². The lowest BCUT2D eigenvalue weighted by molar-refractivity contribution is 0.203. The number of ether oxygens (including phenoxy) is 2. The number of methoxy groups -OCH3 is 1. The molecule has 0 radical (unpaired) electrons. The lowest BCUT2D eigenvalue weighted by atomic mass is 10.1. The molecule has 3 aromatic heterocycles. The molecule has 182 valence electrons. The van der Waals surface area contributed by atoms with Gasteiger partial charge in [-0.25, -0.2) is 9.97 Å². The van der Waals surface area contributed by atoms with Crippen LogP contribution in [0.25, 0.3) is 11.0 Å². The Morgan fingerprint density at radius 1 is 0.971 bits per heavy atom. The van der Waals surface area contributed by atoms with Crippen molar-refractivity contribution in [3.05, 3.63) is 55.0 Å². The molecule has 0 saturated carbocycles. The van der Waals surface area contributed by atoms with Gasteiger partial charge in [0.05, 0.1) is 25.6 Å². The Balaban J connectivity index is 1.18. The van der Waals surface area contributed by atoms with Crippen molar-refractivity contribution in [3.63, 3.8) is 0 Å². The number of nitrogens with zero attached hydrogens (tertiary/aromatic N) is 4. The fourth-order valence-corrected chi connectivity index (χ4v) is 4.29. The van der Waals surface area contributed by atoms with Gasteiger partial charge < -0.3 is 30.0 Å². The van der Waals surface area contributed by atoms with E-state index in [1.165, 1.54) is 32.4 Å². The van der Waals surface area contributed by atoms with Crippen LogP contribution in [-0.4, -0.2) is 58.2 Å². The number of anilines is 4. The molecule has 1 fully saturated rings. The average Bonchev–Trinajstić information content (AvgIpc) is 3.36. The normalized spacial score (nSPS) is 14.1. The van der Waals surface area contributed by atoms with Gasteiger partial charge >= 0.3 is 0 Å². The third-order valence-electron chi connectivity index (χ3n) is 6.07. The molecule has 4 aromatic rings. The Labute approximate surface area is 204 Å². The van der Waals surface area contributed by atoms with E-state index < -0.39 is 0 Å². The highest BCUT2D eigenvalue weighted by atomic mass is 16.5. The molecule has 35 heavy (non-hydrogen) atoms. The number of rotatable bonds is 10. The zero-order chi connectivity index (χ0) is 23.9. The summed E-state index contributed by atoms with van der Waals surface area (Å²) in [6.45, 7) is 4.17. The SMILES string of the molecule is COc1cc(Nc2nccc(Nc3cnc4[nH]ccc4c3)n2)ccc1OCCCN1CCCCC1. The number of likely N-dealkylation sites (tertiary alicyclic amines) is 1. The van der Waals surface area contributed by atoms with Crippen LogP contribution in [0.4, 0.5) is 23.1 Å². The minimum atomic E-state index is 0.475. The molecular formula is C26H31N7O2. The zero-order valence-corrected chi connectivity index (χ0v) is 20.0. The third-order valence-corrected chi connectivity index (χ3v) is 6.07.